The number of nitrogens with zero attached hydrogens (tertiary/aromatic N) is 2. The van der Waals surface area contributed by atoms with Gasteiger partial charge >= 0.3 is 0 Å². The SMILES string of the molecule is CCc1ccc(OCc2ccc(C(=O)Nc3c(C)nn(Cc4ccc(Cl)c(Cl)c4)c3C)o2)cc1. The molecular formula is C26H25Cl2N3O3. The van der Waals surface area contributed by atoms with E-state index in [-0.39, 0.29) is 18.3 Å². The molecule has 2 heterocycles. The van der Waals surface area contributed by atoms with Crippen LogP contribution >= 0.6 is 23.2 Å². The fourth-order valence-electron chi connectivity index (χ4n) is 3.57. The van der Waals surface area contributed by atoms with Crippen molar-refractivity contribution < 1.29 is 13.9 Å². The van der Waals surface area contributed by atoms with Crippen LogP contribution in [0, 0.1) is 13.8 Å². The predicted molar refractivity (Wildman–Crippen MR) is 134 cm³/mol. The van der Waals surface area contributed by atoms with Crippen molar-refractivity contribution in [3.05, 3.63) is 98.7 Å². The molecule has 0 saturated heterocycles. The van der Waals surface area contributed by atoms with Gasteiger partial charge in [0, 0.05) is 0 Å². The first-order chi connectivity index (χ1) is 16.3. The fourth-order valence-corrected chi connectivity index (χ4v) is 3.89. The van der Waals surface area contributed by atoms with Gasteiger partial charge in [0.25, 0.3) is 5.91 Å². The van der Waals surface area contributed by atoms with Crippen LogP contribution in [0.2, 0.25) is 10.0 Å². The summed E-state index contributed by atoms with van der Waals surface area (Å²) in [5, 5.41) is 8.47. The Hall–Kier alpha value is -3.22. The Kier molecular flexibility index (Phi) is 7.29. The maximum atomic E-state index is 12.8. The molecule has 4 rings (SSSR count). The van der Waals surface area contributed by atoms with Gasteiger partial charge in [0.1, 0.15) is 18.1 Å². The van der Waals surface area contributed by atoms with E-state index in [9.17, 15) is 4.79 Å². The fraction of sp³-hybridized carbons (Fsp3) is 0.231. The number of aromatic nitrogens is 2. The lowest BCUT2D eigenvalue weighted by Gasteiger charge is -2.07. The molecule has 0 spiro atoms. The summed E-state index contributed by atoms with van der Waals surface area (Å²) in [6.45, 7) is 6.59. The number of halogens is 2. The van der Waals surface area contributed by atoms with E-state index in [1.807, 2.05) is 54.9 Å². The molecule has 1 N–H and O–H groups in total. The Labute approximate surface area is 208 Å². The minimum absolute atomic E-state index is 0.205. The van der Waals surface area contributed by atoms with Crippen molar-refractivity contribution in [2.45, 2.75) is 40.3 Å². The average molecular weight is 498 g/mol. The number of carbonyl (C=O) groups is 1. The second kappa shape index (κ2) is 10.4. The number of carbonyl (C=O) groups excluding carboxylic acids is 1. The Morgan fingerprint density at radius 1 is 1.03 bits per heavy atom. The molecule has 6 nitrogen and oxygen atoms in total. The summed E-state index contributed by atoms with van der Waals surface area (Å²) in [5.41, 5.74) is 4.38. The summed E-state index contributed by atoms with van der Waals surface area (Å²) >= 11 is 12.1. The van der Waals surface area contributed by atoms with E-state index in [0.717, 1.165) is 23.4 Å². The Morgan fingerprint density at radius 3 is 2.47 bits per heavy atom. The molecule has 0 unspecified atom stereocenters. The zero-order valence-corrected chi connectivity index (χ0v) is 20.7. The van der Waals surface area contributed by atoms with Gasteiger partial charge in [-0.2, -0.15) is 5.10 Å². The van der Waals surface area contributed by atoms with Crippen LogP contribution in [0.4, 0.5) is 5.69 Å². The largest absolute Gasteiger partial charge is 0.486 e. The van der Waals surface area contributed by atoms with Gasteiger partial charge in [-0.25, -0.2) is 0 Å². The van der Waals surface area contributed by atoms with Gasteiger partial charge in [-0.15, -0.1) is 0 Å². The number of amides is 1. The molecule has 2 aromatic carbocycles. The lowest BCUT2D eigenvalue weighted by atomic mass is 10.2. The number of hydrogen-bond donors (Lipinski definition) is 1. The van der Waals surface area contributed by atoms with Crippen molar-refractivity contribution in [1.29, 1.82) is 0 Å². The Balaban J connectivity index is 1.40. The topological polar surface area (TPSA) is 69.3 Å². The molecule has 2 aromatic heterocycles. The lowest BCUT2D eigenvalue weighted by Crippen LogP contribution is -2.12. The van der Waals surface area contributed by atoms with E-state index >= 15 is 0 Å². The molecule has 0 fully saturated rings. The molecule has 0 aliphatic rings. The standard InChI is InChI=1S/C26H25Cl2N3O3/c1-4-18-5-8-20(9-6-18)33-15-21-10-12-24(34-21)26(32)29-25-16(2)30-31(17(25)3)14-19-7-11-22(27)23(28)13-19/h5-13H,4,14-15H2,1-3H3,(H,29,32). The smallest absolute Gasteiger partial charge is 0.291 e. The first-order valence-corrected chi connectivity index (χ1v) is 11.7. The molecule has 1 amide bonds. The third kappa shape index (κ3) is 5.46. The van der Waals surface area contributed by atoms with E-state index in [1.54, 1.807) is 18.2 Å². The number of benzene rings is 2. The number of nitrogens with one attached hydrogen (secondary N) is 1. The van der Waals surface area contributed by atoms with E-state index in [4.69, 9.17) is 32.4 Å². The first kappa shape index (κ1) is 23.9. The average Bonchev–Trinajstić information content (AvgIpc) is 3.41. The molecule has 0 saturated carbocycles. The highest BCUT2D eigenvalue weighted by Crippen LogP contribution is 2.25. The van der Waals surface area contributed by atoms with Crippen LogP contribution in [0.5, 0.6) is 5.75 Å². The van der Waals surface area contributed by atoms with Crippen molar-refractivity contribution in [2.75, 3.05) is 5.32 Å². The van der Waals surface area contributed by atoms with Gasteiger partial charge in [-0.05, 0) is 67.8 Å². The molecule has 0 aliphatic heterocycles. The quantitative estimate of drug-likeness (QED) is 0.289. The third-order valence-corrected chi connectivity index (χ3v) is 6.27. The second-order valence-electron chi connectivity index (χ2n) is 7.96. The van der Waals surface area contributed by atoms with Gasteiger partial charge in [0.05, 0.1) is 33.7 Å². The van der Waals surface area contributed by atoms with Crippen molar-refractivity contribution in [3.63, 3.8) is 0 Å². The van der Waals surface area contributed by atoms with E-state index in [1.165, 1.54) is 5.56 Å². The normalized spacial score (nSPS) is 11.0. The second-order valence-corrected chi connectivity index (χ2v) is 8.77. The van der Waals surface area contributed by atoms with Crippen LogP contribution in [-0.4, -0.2) is 15.7 Å². The van der Waals surface area contributed by atoms with Gasteiger partial charge in [-0.1, -0.05) is 48.3 Å². The third-order valence-electron chi connectivity index (χ3n) is 5.53. The maximum absolute atomic E-state index is 12.8. The highest BCUT2D eigenvalue weighted by molar-refractivity contribution is 6.42. The van der Waals surface area contributed by atoms with Crippen LogP contribution in [-0.2, 0) is 19.6 Å². The van der Waals surface area contributed by atoms with Gasteiger partial charge in [-0.3, -0.25) is 9.48 Å². The molecule has 176 valence electrons. The van der Waals surface area contributed by atoms with Crippen LogP contribution < -0.4 is 10.1 Å². The predicted octanol–water partition coefficient (Wildman–Crippen LogP) is 6.84. The molecule has 34 heavy (non-hydrogen) atoms. The minimum atomic E-state index is -0.348. The monoisotopic (exact) mass is 497 g/mol. The summed E-state index contributed by atoms with van der Waals surface area (Å²) in [7, 11) is 0. The van der Waals surface area contributed by atoms with Gasteiger partial charge in [0.15, 0.2) is 5.76 Å². The van der Waals surface area contributed by atoms with Crippen LogP contribution in [0.15, 0.2) is 59.0 Å². The number of furan rings is 1. The number of ether oxygens (including phenoxy) is 1. The van der Waals surface area contributed by atoms with Crippen molar-refractivity contribution >= 4 is 34.8 Å². The lowest BCUT2D eigenvalue weighted by molar-refractivity contribution is 0.0992. The number of rotatable bonds is 8. The maximum Gasteiger partial charge on any atom is 0.291 e. The van der Waals surface area contributed by atoms with Crippen molar-refractivity contribution in [3.8, 4) is 5.75 Å². The van der Waals surface area contributed by atoms with Gasteiger partial charge in [0.2, 0.25) is 0 Å². The summed E-state index contributed by atoms with van der Waals surface area (Å²) in [5.74, 6) is 1.17. The van der Waals surface area contributed by atoms with E-state index in [2.05, 4.69) is 17.3 Å². The Morgan fingerprint density at radius 2 is 1.76 bits per heavy atom. The molecule has 0 bridgehead atoms. The number of aryl methyl sites for hydroxylation is 2. The first-order valence-electron chi connectivity index (χ1n) is 10.9. The summed E-state index contributed by atoms with van der Waals surface area (Å²) in [4.78, 5) is 12.8. The number of hydrogen-bond acceptors (Lipinski definition) is 4. The zero-order chi connectivity index (χ0) is 24.2. The minimum Gasteiger partial charge on any atom is -0.486 e. The molecule has 0 atom stereocenters. The van der Waals surface area contributed by atoms with E-state index in [0.29, 0.717) is 33.7 Å². The van der Waals surface area contributed by atoms with Crippen molar-refractivity contribution in [1.82, 2.24) is 9.78 Å². The van der Waals surface area contributed by atoms with Gasteiger partial charge < -0.3 is 14.5 Å². The van der Waals surface area contributed by atoms with Crippen molar-refractivity contribution in [2.24, 2.45) is 0 Å². The summed E-state index contributed by atoms with van der Waals surface area (Å²) in [6.07, 6.45) is 0.976. The van der Waals surface area contributed by atoms with Crippen LogP contribution in [0.1, 0.15) is 45.8 Å². The zero-order valence-electron chi connectivity index (χ0n) is 19.2. The van der Waals surface area contributed by atoms with Crippen LogP contribution in [0.25, 0.3) is 0 Å². The molecule has 0 radical (unpaired) electrons. The molecule has 4 aromatic rings. The summed E-state index contributed by atoms with van der Waals surface area (Å²) < 4.78 is 13.3. The highest BCUT2D eigenvalue weighted by atomic mass is 35.5. The number of anilines is 1. The molecular weight excluding hydrogens is 473 g/mol. The highest BCUT2D eigenvalue weighted by Gasteiger charge is 2.18. The summed E-state index contributed by atoms with van der Waals surface area (Å²) in [6, 6.07) is 16.8. The Bertz CT molecular complexity index is 1310. The molecule has 0 aliphatic carbocycles. The van der Waals surface area contributed by atoms with E-state index < -0.39 is 0 Å². The molecule has 8 heteroatoms. The van der Waals surface area contributed by atoms with Crippen LogP contribution in [0.3, 0.4) is 0 Å².